The van der Waals surface area contributed by atoms with Gasteiger partial charge in [-0.15, -0.1) is 0 Å². The zero-order valence-electron chi connectivity index (χ0n) is 10.7. The van der Waals surface area contributed by atoms with Crippen LogP contribution in [0.15, 0.2) is 30.5 Å². The van der Waals surface area contributed by atoms with Crippen LogP contribution in [0.3, 0.4) is 0 Å². The lowest BCUT2D eigenvalue weighted by Gasteiger charge is -2.14. The van der Waals surface area contributed by atoms with E-state index in [9.17, 15) is 0 Å². The Bertz CT molecular complexity index is 506. The maximum Gasteiger partial charge on any atom is 0.0724 e. The highest BCUT2D eigenvalue weighted by Gasteiger charge is 2.03. The van der Waals surface area contributed by atoms with E-state index in [-0.39, 0.29) is 0 Å². The van der Waals surface area contributed by atoms with Crippen LogP contribution in [0.4, 0.5) is 11.4 Å². The molecule has 90 valence electrons. The first-order chi connectivity index (χ1) is 8.22. The zero-order chi connectivity index (χ0) is 12.3. The molecule has 0 amide bonds. The van der Waals surface area contributed by atoms with E-state index < -0.39 is 0 Å². The predicted octanol–water partition coefficient (Wildman–Crippen LogP) is 3.12. The monoisotopic (exact) mass is 229 g/mol. The second-order valence-corrected chi connectivity index (χ2v) is 4.38. The largest absolute Gasteiger partial charge is 0.384 e. The standard InChI is InChI=1S/C14H19N3/c1-4-8-15-14-7-9-16-13-6-5-11(17(2)3)10-12(13)14/h5-7,9-10H,4,8H2,1-3H3,(H,15,16). The Morgan fingerprint density at radius 1 is 1.24 bits per heavy atom. The van der Waals surface area contributed by atoms with E-state index in [4.69, 9.17) is 0 Å². The molecule has 0 spiro atoms. The molecule has 0 bridgehead atoms. The molecule has 17 heavy (non-hydrogen) atoms. The molecule has 0 atom stereocenters. The molecule has 3 heteroatoms. The van der Waals surface area contributed by atoms with Crippen LogP contribution in [-0.4, -0.2) is 25.6 Å². The van der Waals surface area contributed by atoms with Crippen molar-refractivity contribution in [1.29, 1.82) is 0 Å². The Labute approximate surface area is 102 Å². The van der Waals surface area contributed by atoms with Crippen LogP contribution in [0.25, 0.3) is 10.9 Å². The van der Waals surface area contributed by atoms with Crippen LogP contribution in [0, 0.1) is 0 Å². The summed E-state index contributed by atoms with van der Waals surface area (Å²) >= 11 is 0. The fourth-order valence-electron chi connectivity index (χ4n) is 1.83. The van der Waals surface area contributed by atoms with Gasteiger partial charge in [0.25, 0.3) is 0 Å². The lowest BCUT2D eigenvalue weighted by Crippen LogP contribution is -2.08. The molecule has 2 rings (SSSR count). The molecule has 0 aliphatic heterocycles. The molecule has 3 nitrogen and oxygen atoms in total. The average Bonchev–Trinajstić information content (AvgIpc) is 2.35. The van der Waals surface area contributed by atoms with E-state index in [1.165, 1.54) is 16.8 Å². The molecular weight excluding hydrogens is 210 g/mol. The minimum absolute atomic E-state index is 0.991. The van der Waals surface area contributed by atoms with Gasteiger partial charge in [0, 0.05) is 43.6 Å². The molecule has 1 heterocycles. The molecule has 2 aromatic rings. The maximum absolute atomic E-state index is 4.39. The first-order valence-corrected chi connectivity index (χ1v) is 6.02. The summed E-state index contributed by atoms with van der Waals surface area (Å²) in [5.41, 5.74) is 3.40. The van der Waals surface area contributed by atoms with Gasteiger partial charge in [-0.2, -0.15) is 0 Å². The van der Waals surface area contributed by atoms with Crippen molar-refractivity contribution < 1.29 is 0 Å². The minimum atomic E-state index is 0.991. The van der Waals surface area contributed by atoms with E-state index in [0.717, 1.165) is 18.5 Å². The number of aromatic nitrogens is 1. The number of nitrogens with one attached hydrogen (secondary N) is 1. The number of hydrogen-bond acceptors (Lipinski definition) is 3. The summed E-state index contributed by atoms with van der Waals surface area (Å²) in [5, 5.41) is 4.63. The van der Waals surface area contributed by atoms with Crippen molar-refractivity contribution in [2.45, 2.75) is 13.3 Å². The molecule has 0 saturated carbocycles. The molecular formula is C14H19N3. The fourth-order valence-corrected chi connectivity index (χ4v) is 1.83. The Hall–Kier alpha value is -1.77. The Balaban J connectivity index is 2.48. The van der Waals surface area contributed by atoms with Crippen LogP contribution in [-0.2, 0) is 0 Å². The molecule has 1 N–H and O–H groups in total. The van der Waals surface area contributed by atoms with Crippen molar-refractivity contribution in [2.24, 2.45) is 0 Å². The lowest BCUT2D eigenvalue weighted by molar-refractivity contribution is 0.981. The lowest BCUT2D eigenvalue weighted by atomic mass is 10.1. The van der Waals surface area contributed by atoms with Crippen molar-refractivity contribution in [2.75, 3.05) is 30.9 Å². The van der Waals surface area contributed by atoms with Gasteiger partial charge in [0.1, 0.15) is 0 Å². The van der Waals surface area contributed by atoms with Gasteiger partial charge in [-0.25, -0.2) is 0 Å². The van der Waals surface area contributed by atoms with Crippen molar-refractivity contribution in [3.63, 3.8) is 0 Å². The van der Waals surface area contributed by atoms with Crippen LogP contribution in [0.5, 0.6) is 0 Å². The summed E-state index contributed by atoms with van der Waals surface area (Å²) in [6.07, 6.45) is 2.98. The van der Waals surface area contributed by atoms with Crippen LogP contribution in [0.1, 0.15) is 13.3 Å². The summed E-state index contributed by atoms with van der Waals surface area (Å²) < 4.78 is 0. The number of rotatable bonds is 4. The molecule has 0 fully saturated rings. The summed E-state index contributed by atoms with van der Waals surface area (Å²) in [4.78, 5) is 6.50. The zero-order valence-corrected chi connectivity index (χ0v) is 10.7. The van der Waals surface area contributed by atoms with Gasteiger partial charge >= 0.3 is 0 Å². The van der Waals surface area contributed by atoms with Crippen LogP contribution < -0.4 is 10.2 Å². The topological polar surface area (TPSA) is 28.2 Å². The van der Waals surface area contributed by atoms with Crippen molar-refractivity contribution >= 4 is 22.3 Å². The average molecular weight is 229 g/mol. The molecule has 0 aliphatic rings. The second-order valence-electron chi connectivity index (χ2n) is 4.38. The van der Waals surface area contributed by atoms with E-state index in [1.54, 1.807) is 0 Å². The summed E-state index contributed by atoms with van der Waals surface area (Å²) in [7, 11) is 4.10. The van der Waals surface area contributed by atoms with Gasteiger partial charge in [-0.3, -0.25) is 4.98 Å². The Kier molecular flexibility index (Phi) is 3.47. The third-order valence-corrected chi connectivity index (χ3v) is 2.81. The van der Waals surface area contributed by atoms with E-state index in [1.807, 2.05) is 12.3 Å². The minimum Gasteiger partial charge on any atom is -0.384 e. The van der Waals surface area contributed by atoms with Gasteiger partial charge in [-0.05, 0) is 30.7 Å². The number of benzene rings is 1. The SMILES string of the molecule is CCCNc1ccnc2ccc(N(C)C)cc12. The summed E-state index contributed by atoms with van der Waals surface area (Å²) in [5.74, 6) is 0. The van der Waals surface area contributed by atoms with Crippen molar-refractivity contribution in [3.05, 3.63) is 30.5 Å². The number of nitrogens with zero attached hydrogens (tertiary/aromatic N) is 2. The normalized spacial score (nSPS) is 10.5. The summed E-state index contributed by atoms with van der Waals surface area (Å²) in [6.45, 7) is 3.16. The summed E-state index contributed by atoms with van der Waals surface area (Å²) in [6, 6.07) is 8.39. The van der Waals surface area contributed by atoms with E-state index in [0.29, 0.717) is 0 Å². The molecule has 1 aromatic heterocycles. The van der Waals surface area contributed by atoms with Gasteiger partial charge in [-0.1, -0.05) is 6.92 Å². The maximum atomic E-state index is 4.39. The smallest absolute Gasteiger partial charge is 0.0724 e. The van der Waals surface area contributed by atoms with Gasteiger partial charge in [0.05, 0.1) is 5.52 Å². The first kappa shape index (κ1) is 11.7. The van der Waals surface area contributed by atoms with Crippen LogP contribution in [0.2, 0.25) is 0 Å². The highest BCUT2D eigenvalue weighted by Crippen LogP contribution is 2.25. The Morgan fingerprint density at radius 3 is 2.76 bits per heavy atom. The first-order valence-electron chi connectivity index (χ1n) is 6.02. The fraction of sp³-hybridized carbons (Fsp3) is 0.357. The third kappa shape index (κ3) is 2.49. The van der Waals surface area contributed by atoms with Gasteiger partial charge in [0.15, 0.2) is 0 Å². The number of pyridine rings is 1. The van der Waals surface area contributed by atoms with E-state index >= 15 is 0 Å². The molecule has 0 saturated heterocycles. The highest BCUT2D eigenvalue weighted by atomic mass is 15.1. The van der Waals surface area contributed by atoms with Gasteiger partial charge in [0.2, 0.25) is 0 Å². The number of fused-ring (bicyclic) bond motifs is 1. The van der Waals surface area contributed by atoms with Crippen molar-refractivity contribution in [3.8, 4) is 0 Å². The molecule has 0 radical (unpaired) electrons. The molecule has 1 aromatic carbocycles. The highest BCUT2D eigenvalue weighted by molar-refractivity contribution is 5.93. The predicted molar refractivity (Wildman–Crippen MR) is 74.9 cm³/mol. The number of anilines is 2. The quantitative estimate of drug-likeness (QED) is 0.873. The van der Waals surface area contributed by atoms with Crippen LogP contribution >= 0.6 is 0 Å². The van der Waals surface area contributed by atoms with Gasteiger partial charge < -0.3 is 10.2 Å². The molecule has 0 unspecified atom stereocenters. The molecule has 0 aliphatic carbocycles. The third-order valence-electron chi connectivity index (χ3n) is 2.81. The van der Waals surface area contributed by atoms with E-state index in [2.05, 4.69) is 54.4 Å². The van der Waals surface area contributed by atoms with Crippen molar-refractivity contribution in [1.82, 2.24) is 4.98 Å². The Morgan fingerprint density at radius 2 is 2.06 bits per heavy atom. The number of hydrogen-bond donors (Lipinski definition) is 1. The second kappa shape index (κ2) is 5.04.